The molecule has 0 aromatic heterocycles. The fourth-order valence-corrected chi connectivity index (χ4v) is 3.90. The molecule has 128 valence electrons. The summed E-state index contributed by atoms with van der Waals surface area (Å²) in [5.74, 6) is 1.73. The molecule has 24 heavy (non-hydrogen) atoms. The number of methoxy groups -OCH3 is 1. The Kier molecular flexibility index (Phi) is 6.33. The van der Waals surface area contributed by atoms with Gasteiger partial charge in [-0.1, -0.05) is 46.3 Å². The lowest BCUT2D eigenvalue weighted by atomic mass is 9.90. The molecule has 1 aliphatic rings. The van der Waals surface area contributed by atoms with Gasteiger partial charge in [0.05, 0.1) is 7.11 Å². The SMILES string of the molecule is COc1ccc(Br)c(CC2CCN(CCc3ccccc3)CC2)c1. The zero-order valence-electron chi connectivity index (χ0n) is 14.4. The molecule has 1 aliphatic heterocycles. The molecule has 3 heteroatoms. The van der Waals surface area contributed by atoms with Crippen LogP contribution in [0.5, 0.6) is 5.75 Å². The number of rotatable bonds is 6. The van der Waals surface area contributed by atoms with Gasteiger partial charge in [0, 0.05) is 11.0 Å². The van der Waals surface area contributed by atoms with Gasteiger partial charge >= 0.3 is 0 Å². The third-order valence-electron chi connectivity index (χ3n) is 5.03. The maximum Gasteiger partial charge on any atom is 0.119 e. The standard InChI is InChI=1S/C21H26BrNO/c1-24-20-7-8-21(22)19(16-20)15-18-10-13-23(14-11-18)12-9-17-5-3-2-4-6-17/h2-8,16,18H,9-15H2,1H3. The Hall–Kier alpha value is -1.32. The number of halogens is 1. The van der Waals surface area contributed by atoms with E-state index in [0.29, 0.717) is 0 Å². The predicted octanol–water partition coefficient (Wildman–Crippen LogP) is 4.95. The van der Waals surface area contributed by atoms with Crippen molar-refractivity contribution in [3.63, 3.8) is 0 Å². The fraction of sp³-hybridized carbons (Fsp3) is 0.429. The summed E-state index contributed by atoms with van der Waals surface area (Å²) in [5, 5.41) is 0. The van der Waals surface area contributed by atoms with Crippen LogP contribution in [-0.2, 0) is 12.8 Å². The number of likely N-dealkylation sites (tertiary alicyclic amines) is 1. The lowest BCUT2D eigenvalue weighted by Crippen LogP contribution is -2.35. The summed E-state index contributed by atoms with van der Waals surface area (Å²) in [6, 6.07) is 17.1. The van der Waals surface area contributed by atoms with Gasteiger partial charge in [0.25, 0.3) is 0 Å². The van der Waals surface area contributed by atoms with Gasteiger partial charge in [-0.15, -0.1) is 0 Å². The predicted molar refractivity (Wildman–Crippen MR) is 104 cm³/mol. The van der Waals surface area contributed by atoms with E-state index in [1.54, 1.807) is 7.11 Å². The highest BCUT2D eigenvalue weighted by Gasteiger charge is 2.20. The summed E-state index contributed by atoms with van der Waals surface area (Å²) >= 11 is 3.68. The molecular weight excluding hydrogens is 362 g/mol. The normalized spacial score (nSPS) is 16.2. The fourth-order valence-electron chi connectivity index (χ4n) is 3.49. The maximum atomic E-state index is 5.36. The molecule has 0 N–H and O–H groups in total. The van der Waals surface area contributed by atoms with Crippen molar-refractivity contribution in [3.8, 4) is 5.75 Å². The van der Waals surface area contributed by atoms with E-state index in [4.69, 9.17) is 4.74 Å². The monoisotopic (exact) mass is 387 g/mol. The summed E-state index contributed by atoms with van der Waals surface area (Å²) in [4.78, 5) is 2.62. The molecule has 2 aromatic rings. The molecule has 0 spiro atoms. The molecule has 0 radical (unpaired) electrons. The highest BCUT2D eigenvalue weighted by Crippen LogP contribution is 2.28. The van der Waals surface area contributed by atoms with Gasteiger partial charge in [0.2, 0.25) is 0 Å². The van der Waals surface area contributed by atoms with Crippen molar-refractivity contribution >= 4 is 15.9 Å². The van der Waals surface area contributed by atoms with Crippen LogP contribution < -0.4 is 4.74 Å². The Morgan fingerprint density at radius 2 is 1.83 bits per heavy atom. The van der Waals surface area contributed by atoms with E-state index >= 15 is 0 Å². The first-order valence-corrected chi connectivity index (χ1v) is 9.62. The van der Waals surface area contributed by atoms with Crippen LogP contribution >= 0.6 is 15.9 Å². The van der Waals surface area contributed by atoms with Crippen LogP contribution in [-0.4, -0.2) is 31.6 Å². The number of ether oxygens (including phenoxy) is 1. The van der Waals surface area contributed by atoms with E-state index in [9.17, 15) is 0 Å². The van der Waals surface area contributed by atoms with Crippen LogP contribution in [0.3, 0.4) is 0 Å². The van der Waals surface area contributed by atoms with Crippen LogP contribution in [0, 0.1) is 5.92 Å². The zero-order valence-corrected chi connectivity index (χ0v) is 16.0. The van der Waals surface area contributed by atoms with Crippen LogP contribution in [0.2, 0.25) is 0 Å². The van der Waals surface area contributed by atoms with Gasteiger partial charge in [-0.3, -0.25) is 0 Å². The van der Waals surface area contributed by atoms with E-state index in [1.165, 1.54) is 48.1 Å². The van der Waals surface area contributed by atoms with Gasteiger partial charge in [0.1, 0.15) is 5.75 Å². The Morgan fingerprint density at radius 1 is 1.08 bits per heavy atom. The summed E-state index contributed by atoms with van der Waals surface area (Å²) in [5.41, 5.74) is 2.82. The largest absolute Gasteiger partial charge is 0.497 e. The van der Waals surface area contributed by atoms with Crippen molar-refractivity contribution in [1.82, 2.24) is 4.90 Å². The van der Waals surface area contributed by atoms with Gasteiger partial charge in [0.15, 0.2) is 0 Å². The topological polar surface area (TPSA) is 12.5 Å². The smallest absolute Gasteiger partial charge is 0.119 e. The van der Waals surface area contributed by atoms with E-state index in [1.807, 2.05) is 6.07 Å². The molecule has 2 aromatic carbocycles. The van der Waals surface area contributed by atoms with Gasteiger partial charge in [-0.2, -0.15) is 0 Å². The minimum Gasteiger partial charge on any atom is -0.497 e. The van der Waals surface area contributed by atoms with Crippen molar-refractivity contribution in [1.29, 1.82) is 0 Å². The first-order valence-electron chi connectivity index (χ1n) is 8.83. The Morgan fingerprint density at radius 3 is 2.54 bits per heavy atom. The van der Waals surface area contributed by atoms with E-state index in [0.717, 1.165) is 24.5 Å². The summed E-state index contributed by atoms with van der Waals surface area (Å²) < 4.78 is 6.56. The van der Waals surface area contributed by atoms with Crippen LogP contribution in [0.25, 0.3) is 0 Å². The Balaban J connectivity index is 1.47. The lowest BCUT2D eigenvalue weighted by molar-refractivity contribution is 0.186. The number of nitrogens with zero attached hydrogens (tertiary/aromatic N) is 1. The molecule has 1 fully saturated rings. The van der Waals surface area contributed by atoms with Crippen molar-refractivity contribution in [2.24, 2.45) is 5.92 Å². The van der Waals surface area contributed by atoms with E-state index < -0.39 is 0 Å². The minimum atomic E-state index is 0.779. The maximum absolute atomic E-state index is 5.36. The second-order valence-electron chi connectivity index (χ2n) is 6.68. The third-order valence-corrected chi connectivity index (χ3v) is 5.80. The summed E-state index contributed by atoms with van der Waals surface area (Å²) in [7, 11) is 1.73. The Bertz CT molecular complexity index is 636. The average Bonchev–Trinajstić information content (AvgIpc) is 2.64. The summed E-state index contributed by atoms with van der Waals surface area (Å²) in [6.07, 6.45) is 4.88. The minimum absolute atomic E-state index is 0.779. The molecule has 0 aliphatic carbocycles. The molecule has 0 atom stereocenters. The zero-order chi connectivity index (χ0) is 16.8. The molecule has 1 saturated heterocycles. The second-order valence-corrected chi connectivity index (χ2v) is 7.54. The van der Waals surface area contributed by atoms with Gasteiger partial charge in [-0.25, -0.2) is 0 Å². The number of hydrogen-bond donors (Lipinski definition) is 0. The quantitative estimate of drug-likeness (QED) is 0.694. The van der Waals surface area contributed by atoms with Crippen molar-refractivity contribution in [2.45, 2.75) is 25.7 Å². The van der Waals surface area contributed by atoms with Crippen LogP contribution in [0.1, 0.15) is 24.0 Å². The first-order chi connectivity index (χ1) is 11.7. The van der Waals surface area contributed by atoms with Crippen LogP contribution in [0.15, 0.2) is 53.0 Å². The third kappa shape index (κ3) is 4.84. The van der Waals surface area contributed by atoms with Gasteiger partial charge in [-0.05, 0) is 74.0 Å². The molecule has 0 bridgehead atoms. The van der Waals surface area contributed by atoms with Crippen molar-refractivity contribution in [3.05, 3.63) is 64.1 Å². The molecule has 0 unspecified atom stereocenters. The van der Waals surface area contributed by atoms with Crippen molar-refractivity contribution < 1.29 is 4.74 Å². The van der Waals surface area contributed by atoms with Crippen molar-refractivity contribution in [2.75, 3.05) is 26.7 Å². The van der Waals surface area contributed by atoms with Crippen LogP contribution in [0.4, 0.5) is 0 Å². The average molecular weight is 388 g/mol. The van der Waals surface area contributed by atoms with E-state index in [-0.39, 0.29) is 0 Å². The lowest BCUT2D eigenvalue weighted by Gasteiger charge is -2.32. The molecular formula is C21H26BrNO. The Labute approximate surface area is 154 Å². The number of hydrogen-bond acceptors (Lipinski definition) is 2. The first kappa shape index (κ1) is 17.5. The molecule has 3 rings (SSSR count). The molecule has 0 saturated carbocycles. The highest BCUT2D eigenvalue weighted by atomic mass is 79.9. The molecule has 0 amide bonds. The second kappa shape index (κ2) is 8.68. The molecule has 1 heterocycles. The number of benzene rings is 2. The van der Waals surface area contributed by atoms with E-state index in [2.05, 4.69) is 63.3 Å². The van der Waals surface area contributed by atoms with Gasteiger partial charge < -0.3 is 9.64 Å². The number of piperidine rings is 1. The summed E-state index contributed by atoms with van der Waals surface area (Å²) in [6.45, 7) is 3.62. The highest BCUT2D eigenvalue weighted by molar-refractivity contribution is 9.10. The molecule has 2 nitrogen and oxygen atoms in total.